The fourth-order valence-corrected chi connectivity index (χ4v) is 4.18. The van der Waals surface area contributed by atoms with Gasteiger partial charge in [0.15, 0.2) is 0 Å². The molecule has 7 nitrogen and oxygen atoms in total. The van der Waals surface area contributed by atoms with Gasteiger partial charge in [-0.2, -0.15) is 0 Å². The summed E-state index contributed by atoms with van der Waals surface area (Å²) in [5.74, 6) is -0.485. The average molecular weight is 443 g/mol. The van der Waals surface area contributed by atoms with Crippen LogP contribution in [0.25, 0.3) is 10.4 Å². The summed E-state index contributed by atoms with van der Waals surface area (Å²) >= 11 is 1.55. The summed E-state index contributed by atoms with van der Waals surface area (Å²) in [4.78, 5) is 33.9. The molecule has 0 spiro atoms. The fourth-order valence-electron chi connectivity index (χ4n) is 3.26. The third-order valence-corrected chi connectivity index (χ3v) is 5.86. The van der Waals surface area contributed by atoms with Crippen molar-refractivity contribution in [3.63, 3.8) is 0 Å². The molecule has 0 fully saturated rings. The molecule has 31 heavy (non-hydrogen) atoms. The van der Waals surface area contributed by atoms with Crippen LogP contribution < -0.4 is 10.9 Å². The number of carboxylic acid groups (broad SMARTS) is 1. The molecule has 0 aliphatic carbocycles. The van der Waals surface area contributed by atoms with Crippen LogP contribution in [-0.2, 0) is 11.2 Å². The van der Waals surface area contributed by atoms with E-state index in [0.717, 1.165) is 15.4 Å². The Balaban J connectivity index is 0.000000807. The number of benzene rings is 1. The smallest absolute Gasteiger partial charge is 0.326 e. The molecule has 1 aliphatic rings. The Bertz CT molecular complexity index is 1050. The summed E-state index contributed by atoms with van der Waals surface area (Å²) in [6.07, 6.45) is 4.20. The predicted octanol–water partition coefficient (Wildman–Crippen LogP) is 5.16. The molecule has 0 bridgehead atoms. The largest absolute Gasteiger partial charge is 0.480 e. The van der Waals surface area contributed by atoms with E-state index in [-0.39, 0.29) is 17.3 Å². The lowest BCUT2D eigenvalue weighted by molar-refractivity contribution is -0.140. The first-order chi connectivity index (χ1) is 15.0. The number of carbonyl (C=O) groups is 1. The lowest BCUT2D eigenvalue weighted by atomic mass is 10.2. The molecule has 2 atom stereocenters. The first-order valence-electron chi connectivity index (χ1n) is 10.7. The van der Waals surface area contributed by atoms with E-state index in [9.17, 15) is 14.7 Å². The van der Waals surface area contributed by atoms with E-state index in [0.29, 0.717) is 18.7 Å². The molecule has 3 aromatic rings. The highest BCUT2D eigenvalue weighted by atomic mass is 32.1. The molecule has 0 amide bonds. The van der Waals surface area contributed by atoms with Crippen LogP contribution >= 0.6 is 11.3 Å². The summed E-state index contributed by atoms with van der Waals surface area (Å²) in [7, 11) is 0. The zero-order chi connectivity index (χ0) is 23.0. The number of aliphatic carboxylic acids is 1. The van der Waals surface area contributed by atoms with Gasteiger partial charge in [-0.1, -0.05) is 58.0 Å². The Kier molecular flexibility index (Phi) is 8.93. The zero-order valence-electron chi connectivity index (χ0n) is 18.6. The molecule has 2 unspecified atom stereocenters. The van der Waals surface area contributed by atoms with E-state index in [1.165, 1.54) is 10.8 Å². The fraction of sp³-hybridized carbons (Fsp3) is 0.391. The highest BCUT2D eigenvalue weighted by molar-refractivity contribution is 7.15. The average Bonchev–Trinajstić information content (AvgIpc) is 3.47. The van der Waals surface area contributed by atoms with Gasteiger partial charge in [-0.3, -0.25) is 9.36 Å². The molecule has 2 N–H and O–H groups in total. The van der Waals surface area contributed by atoms with Gasteiger partial charge in [0.25, 0.3) is 5.56 Å². The molecule has 4 rings (SSSR count). The number of anilines is 1. The van der Waals surface area contributed by atoms with Gasteiger partial charge in [0.05, 0.1) is 17.1 Å². The van der Waals surface area contributed by atoms with Gasteiger partial charge >= 0.3 is 5.97 Å². The van der Waals surface area contributed by atoms with Crippen molar-refractivity contribution in [1.29, 1.82) is 0 Å². The molecular weight excluding hydrogens is 412 g/mol. The number of rotatable bonds is 5. The SMILES string of the molecule is CC.CC.CC(Nc1cnc2n(c1=O)C(C(=O)O)CC2)c1ncc(-c2ccccc2)s1. The summed E-state index contributed by atoms with van der Waals surface area (Å²) in [5, 5.41) is 13.3. The maximum absolute atomic E-state index is 12.7. The van der Waals surface area contributed by atoms with Gasteiger partial charge < -0.3 is 10.4 Å². The third kappa shape index (κ3) is 5.38. The summed E-state index contributed by atoms with van der Waals surface area (Å²) < 4.78 is 1.29. The van der Waals surface area contributed by atoms with Crippen molar-refractivity contribution in [3.05, 3.63) is 63.9 Å². The Hall–Kier alpha value is -3.00. The van der Waals surface area contributed by atoms with E-state index in [4.69, 9.17) is 0 Å². The van der Waals surface area contributed by atoms with Crippen LogP contribution in [0.2, 0.25) is 0 Å². The van der Waals surface area contributed by atoms with E-state index in [1.807, 2.05) is 71.1 Å². The van der Waals surface area contributed by atoms with E-state index >= 15 is 0 Å². The van der Waals surface area contributed by atoms with Crippen LogP contribution in [0.3, 0.4) is 0 Å². The van der Waals surface area contributed by atoms with Gasteiger partial charge in [-0.25, -0.2) is 14.8 Å². The maximum Gasteiger partial charge on any atom is 0.326 e. The molecule has 0 saturated carbocycles. The lowest BCUT2D eigenvalue weighted by Crippen LogP contribution is -2.30. The number of hydrogen-bond acceptors (Lipinski definition) is 6. The number of nitrogens with zero attached hydrogens (tertiary/aromatic N) is 3. The van der Waals surface area contributed by atoms with E-state index < -0.39 is 12.0 Å². The van der Waals surface area contributed by atoms with Gasteiger partial charge in [-0.15, -0.1) is 11.3 Å². The van der Waals surface area contributed by atoms with Crippen LogP contribution in [-0.4, -0.2) is 25.6 Å². The maximum atomic E-state index is 12.7. The zero-order valence-corrected chi connectivity index (χ0v) is 19.4. The molecule has 8 heteroatoms. The van der Waals surface area contributed by atoms with Gasteiger partial charge in [0.1, 0.15) is 22.6 Å². The van der Waals surface area contributed by atoms with Crippen LogP contribution in [0.15, 0.2) is 47.5 Å². The van der Waals surface area contributed by atoms with Crippen molar-refractivity contribution in [2.75, 3.05) is 5.32 Å². The van der Waals surface area contributed by atoms with Crippen LogP contribution in [0.4, 0.5) is 5.69 Å². The van der Waals surface area contributed by atoms with Crippen molar-refractivity contribution in [3.8, 4) is 10.4 Å². The van der Waals surface area contributed by atoms with Gasteiger partial charge in [0.2, 0.25) is 0 Å². The number of thiazole rings is 1. The molecule has 1 aromatic carbocycles. The standard InChI is InChI=1S/C19H18N4O3S.2C2H6/c1-11(17-21-10-15(27-17)12-5-3-2-4-6-12)22-13-9-20-16-8-7-14(19(25)26)23(16)18(13)24;2*1-2/h2-6,9-11,14,22H,7-8H2,1H3,(H,25,26);2*1-2H3. The second kappa shape index (κ2) is 11.4. The van der Waals surface area contributed by atoms with Crippen molar-refractivity contribution < 1.29 is 9.90 Å². The Morgan fingerprint density at radius 1 is 1.16 bits per heavy atom. The monoisotopic (exact) mass is 442 g/mol. The lowest BCUT2D eigenvalue weighted by Gasteiger charge is -2.15. The van der Waals surface area contributed by atoms with E-state index in [2.05, 4.69) is 15.3 Å². The van der Waals surface area contributed by atoms with Crippen molar-refractivity contribution in [1.82, 2.24) is 14.5 Å². The molecule has 2 aromatic heterocycles. The van der Waals surface area contributed by atoms with Crippen LogP contribution in [0.1, 0.15) is 64.0 Å². The third-order valence-electron chi connectivity index (χ3n) is 4.63. The Labute approximate surface area is 186 Å². The molecule has 0 radical (unpaired) electrons. The summed E-state index contributed by atoms with van der Waals surface area (Å²) in [6.45, 7) is 9.92. The molecule has 1 aliphatic heterocycles. The molecule has 0 saturated heterocycles. The Morgan fingerprint density at radius 3 is 2.48 bits per heavy atom. The number of hydrogen-bond donors (Lipinski definition) is 2. The van der Waals surface area contributed by atoms with Crippen molar-refractivity contribution in [2.24, 2.45) is 0 Å². The number of fused-ring (bicyclic) bond motifs is 1. The topological polar surface area (TPSA) is 97.1 Å². The van der Waals surface area contributed by atoms with Gasteiger partial charge in [0, 0.05) is 12.6 Å². The molecular formula is C23H30N4O3S. The highest BCUT2D eigenvalue weighted by Crippen LogP contribution is 2.30. The normalized spacial score (nSPS) is 14.9. The highest BCUT2D eigenvalue weighted by Gasteiger charge is 2.31. The second-order valence-electron chi connectivity index (χ2n) is 6.45. The minimum Gasteiger partial charge on any atom is -0.480 e. The molecule has 166 valence electrons. The minimum atomic E-state index is -1.00. The first-order valence-corrected chi connectivity index (χ1v) is 11.5. The number of aromatic nitrogens is 3. The summed E-state index contributed by atoms with van der Waals surface area (Å²) in [5.41, 5.74) is 1.03. The van der Waals surface area contributed by atoms with Crippen molar-refractivity contribution >= 4 is 23.0 Å². The predicted molar refractivity (Wildman–Crippen MR) is 126 cm³/mol. The number of carboxylic acids is 1. The van der Waals surface area contributed by atoms with E-state index in [1.54, 1.807) is 11.3 Å². The van der Waals surface area contributed by atoms with Crippen molar-refractivity contribution in [2.45, 2.75) is 59.5 Å². The quantitative estimate of drug-likeness (QED) is 0.566. The van der Waals surface area contributed by atoms with Crippen LogP contribution in [0.5, 0.6) is 0 Å². The minimum absolute atomic E-state index is 0.203. The van der Waals surface area contributed by atoms with Gasteiger partial charge in [-0.05, 0) is 18.9 Å². The second-order valence-corrected chi connectivity index (χ2v) is 7.51. The number of nitrogens with one attached hydrogen (secondary N) is 1. The van der Waals surface area contributed by atoms with Crippen LogP contribution in [0, 0.1) is 0 Å². The molecule has 3 heterocycles. The Morgan fingerprint density at radius 2 is 1.84 bits per heavy atom. The first kappa shape index (κ1) is 24.3. The number of aryl methyl sites for hydroxylation is 1. The summed E-state index contributed by atoms with van der Waals surface area (Å²) in [6, 6.07) is 8.93.